The van der Waals surface area contributed by atoms with Gasteiger partial charge >= 0.3 is 0 Å². The molecule has 1 aromatic rings. The zero-order valence-electron chi connectivity index (χ0n) is 13.0. The zero-order chi connectivity index (χ0) is 15.5. The molecule has 1 aliphatic rings. The van der Waals surface area contributed by atoms with E-state index in [4.69, 9.17) is 5.73 Å². The molecule has 2 N–H and O–H groups in total. The fourth-order valence-electron chi connectivity index (χ4n) is 2.92. The zero-order valence-corrected chi connectivity index (χ0v) is 13.8. The van der Waals surface area contributed by atoms with Crippen LogP contribution in [0.5, 0.6) is 0 Å². The molecule has 1 saturated heterocycles. The molecule has 2 rings (SSSR count). The molecule has 1 aliphatic heterocycles. The molecule has 0 saturated carbocycles. The Morgan fingerprint density at radius 3 is 2.19 bits per heavy atom. The van der Waals surface area contributed by atoms with Gasteiger partial charge in [-0.2, -0.15) is 0 Å². The van der Waals surface area contributed by atoms with E-state index in [1.807, 2.05) is 12.1 Å². The Kier molecular flexibility index (Phi) is 5.41. The lowest BCUT2D eigenvalue weighted by Crippen LogP contribution is -2.27. The van der Waals surface area contributed by atoms with Crippen LogP contribution in [0.15, 0.2) is 29.2 Å². The molecule has 1 fully saturated rings. The van der Waals surface area contributed by atoms with E-state index in [0.717, 1.165) is 19.5 Å². The summed E-state index contributed by atoms with van der Waals surface area (Å²) in [5.41, 5.74) is 6.92. The van der Waals surface area contributed by atoms with Gasteiger partial charge < -0.3 is 5.73 Å². The molecule has 1 heterocycles. The standard InChI is InChI=1S/C16H26N2O2S/c1-13(2)21(19,20)15-7-5-14(6-8-15)16(9-10-17)18-11-3-4-12-18/h5-8,13,16H,3-4,9-12,17H2,1-2H3. The van der Waals surface area contributed by atoms with Crippen molar-refractivity contribution in [3.8, 4) is 0 Å². The van der Waals surface area contributed by atoms with Gasteiger partial charge in [-0.15, -0.1) is 0 Å². The molecule has 0 aromatic heterocycles. The first-order valence-electron chi connectivity index (χ1n) is 7.75. The number of benzene rings is 1. The van der Waals surface area contributed by atoms with E-state index >= 15 is 0 Å². The number of sulfone groups is 1. The van der Waals surface area contributed by atoms with Crippen LogP contribution in [0.1, 0.15) is 44.7 Å². The first-order chi connectivity index (χ1) is 9.96. The van der Waals surface area contributed by atoms with Crippen LogP contribution >= 0.6 is 0 Å². The molecule has 0 aliphatic carbocycles. The minimum atomic E-state index is -3.19. The number of hydrogen-bond donors (Lipinski definition) is 1. The lowest BCUT2D eigenvalue weighted by atomic mass is 10.0. The predicted octanol–water partition coefficient (Wildman–Crippen LogP) is 2.35. The smallest absolute Gasteiger partial charge is 0.180 e. The molecule has 0 amide bonds. The third-order valence-corrected chi connectivity index (χ3v) is 6.41. The van der Waals surface area contributed by atoms with Gasteiger partial charge in [-0.3, -0.25) is 4.90 Å². The van der Waals surface area contributed by atoms with Crippen molar-refractivity contribution in [2.24, 2.45) is 5.73 Å². The maximum atomic E-state index is 12.2. The van der Waals surface area contributed by atoms with E-state index in [2.05, 4.69) is 4.90 Å². The average molecular weight is 310 g/mol. The largest absolute Gasteiger partial charge is 0.330 e. The highest BCUT2D eigenvalue weighted by Gasteiger charge is 2.24. The molecule has 0 radical (unpaired) electrons. The van der Waals surface area contributed by atoms with Crippen molar-refractivity contribution in [1.29, 1.82) is 0 Å². The Labute approximate surface area is 128 Å². The molecule has 0 bridgehead atoms. The minimum absolute atomic E-state index is 0.313. The summed E-state index contributed by atoms with van der Waals surface area (Å²) in [6, 6.07) is 7.70. The van der Waals surface area contributed by atoms with Crippen molar-refractivity contribution >= 4 is 9.84 Å². The molecular weight excluding hydrogens is 284 g/mol. The Bertz CT molecular complexity index is 546. The minimum Gasteiger partial charge on any atom is -0.330 e. The maximum absolute atomic E-state index is 12.2. The molecule has 4 nitrogen and oxygen atoms in total. The molecule has 1 atom stereocenters. The van der Waals surface area contributed by atoms with Gasteiger partial charge in [0.2, 0.25) is 0 Å². The normalized spacial score (nSPS) is 18.3. The lowest BCUT2D eigenvalue weighted by Gasteiger charge is -2.27. The fraction of sp³-hybridized carbons (Fsp3) is 0.625. The summed E-state index contributed by atoms with van der Waals surface area (Å²) in [6.45, 7) is 6.29. The highest BCUT2D eigenvalue weighted by molar-refractivity contribution is 7.92. The van der Waals surface area contributed by atoms with E-state index < -0.39 is 9.84 Å². The second-order valence-electron chi connectivity index (χ2n) is 6.00. The van der Waals surface area contributed by atoms with Crippen LogP contribution in [-0.4, -0.2) is 38.2 Å². The van der Waals surface area contributed by atoms with Gasteiger partial charge in [0.25, 0.3) is 0 Å². The first kappa shape index (κ1) is 16.5. The Hall–Kier alpha value is -0.910. The van der Waals surface area contributed by atoms with Crippen LogP contribution < -0.4 is 5.73 Å². The molecule has 1 unspecified atom stereocenters. The molecule has 0 spiro atoms. The highest BCUT2D eigenvalue weighted by atomic mass is 32.2. The quantitative estimate of drug-likeness (QED) is 0.876. The molecule has 21 heavy (non-hydrogen) atoms. The van der Waals surface area contributed by atoms with E-state index in [9.17, 15) is 8.42 Å². The van der Waals surface area contributed by atoms with Crippen molar-refractivity contribution in [2.45, 2.75) is 49.3 Å². The number of likely N-dealkylation sites (tertiary alicyclic amines) is 1. The maximum Gasteiger partial charge on any atom is 0.180 e. The Morgan fingerprint density at radius 1 is 1.14 bits per heavy atom. The molecular formula is C16H26N2O2S. The third kappa shape index (κ3) is 3.65. The summed E-state index contributed by atoms with van der Waals surface area (Å²) in [4.78, 5) is 2.87. The van der Waals surface area contributed by atoms with E-state index in [-0.39, 0.29) is 5.25 Å². The predicted molar refractivity (Wildman–Crippen MR) is 86.0 cm³/mol. The van der Waals surface area contributed by atoms with Crippen LogP contribution in [0.3, 0.4) is 0 Å². The highest BCUT2D eigenvalue weighted by Crippen LogP contribution is 2.28. The Balaban J connectivity index is 2.23. The fourth-order valence-corrected chi connectivity index (χ4v) is 3.98. The SMILES string of the molecule is CC(C)S(=O)(=O)c1ccc(C(CCN)N2CCCC2)cc1. The molecule has 1 aromatic carbocycles. The second kappa shape index (κ2) is 6.90. The summed E-state index contributed by atoms with van der Waals surface area (Å²) >= 11 is 0. The van der Waals surface area contributed by atoms with E-state index in [1.54, 1.807) is 26.0 Å². The van der Waals surface area contributed by atoms with Gasteiger partial charge in [-0.25, -0.2) is 8.42 Å². The molecule has 5 heteroatoms. The average Bonchev–Trinajstić information content (AvgIpc) is 2.98. The van der Waals surface area contributed by atoms with Gasteiger partial charge in [0, 0.05) is 6.04 Å². The van der Waals surface area contributed by atoms with Crippen molar-refractivity contribution in [3.63, 3.8) is 0 Å². The summed E-state index contributed by atoms with van der Waals surface area (Å²) in [7, 11) is -3.19. The van der Waals surface area contributed by atoms with E-state index in [1.165, 1.54) is 18.4 Å². The van der Waals surface area contributed by atoms with Crippen LogP contribution in [0.25, 0.3) is 0 Å². The van der Waals surface area contributed by atoms with Gasteiger partial charge in [-0.1, -0.05) is 12.1 Å². The number of nitrogens with zero attached hydrogens (tertiary/aromatic N) is 1. The third-order valence-electron chi connectivity index (χ3n) is 4.24. The van der Waals surface area contributed by atoms with Crippen molar-refractivity contribution in [3.05, 3.63) is 29.8 Å². The number of hydrogen-bond acceptors (Lipinski definition) is 4. The van der Waals surface area contributed by atoms with Crippen LogP contribution in [-0.2, 0) is 9.84 Å². The first-order valence-corrected chi connectivity index (χ1v) is 9.29. The van der Waals surface area contributed by atoms with Crippen molar-refractivity contribution in [1.82, 2.24) is 4.90 Å². The van der Waals surface area contributed by atoms with Gasteiger partial charge in [0.1, 0.15) is 0 Å². The summed E-state index contributed by atoms with van der Waals surface area (Å²) in [5.74, 6) is 0. The Morgan fingerprint density at radius 2 is 1.71 bits per heavy atom. The van der Waals surface area contributed by atoms with Crippen LogP contribution in [0, 0.1) is 0 Å². The van der Waals surface area contributed by atoms with Crippen molar-refractivity contribution in [2.75, 3.05) is 19.6 Å². The topological polar surface area (TPSA) is 63.4 Å². The summed E-state index contributed by atoms with van der Waals surface area (Å²) < 4.78 is 24.3. The molecule has 118 valence electrons. The monoisotopic (exact) mass is 310 g/mol. The van der Waals surface area contributed by atoms with E-state index in [0.29, 0.717) is 17.5 Å². The van der Waals surface area contributed by atoms with Crippen LogP contribution in [0.2, 0.25) is 0 Å². The number of nitrogens with two attached hydrogens (primary N) is 1. The van der Waals surface area contributed by atoms with Crippen LogP contribution in [0.4, 0.5) is 0 Å². The van der Waals surface area contributed by atoms with Gasteiger partial charge in [0.05, 0.1) is 10.1 Å². The van der Waals surface area contributed by atoms with Crippen molar-refractivity contribution < 1.29 is 8.42 Å². The lowest BCUT2D eigenvalue weighted by molar-refractivity contribution is 0.236. The second-order valence-corrected chi connectivity index (χ2v) is 8.50. The van der Waals surface area contributed by atoms with Gasteiger partial charge in [0.15, 0.2) is 9.84 Å². The number of rotatable bonds is 6. The summed E-state index contributed by atoms with van der Waals surface area (Å²) in [6.07, 6.45) is 3.39. The van der Waals surface area contributed by atoms with Gasteiger partial charge in [-0.05, 0) is 70.4 Å². The summed E-state index contributed by atoms with van der Waals surface area (Å²) in [5, 5.41) is -0.387.